The van der Waals surface area contributed by atoms with Crippen molar-refractivity contribution in [2.75, 3.05) is 34.5 Å². The molecule has 0 spiro atoms. The second-order valence-corrected chi connectivity index (χ2v) is 14.1. The fraction of sp³-hybridized carbons (Fsp3) is 0.867. The number of hydrogen-bond acceptors (Lipinski definition) is 6. The molecular weight excluding hydrogens is 518 g/mol. The van der Waals surface area contributed by atoms with Crippen molar-refractivity contribution in [1.82, 2.24) is 0 Å². The van der Waals surface area contributed by atoms with Crippen LogP contribution in [-0.4, -0.2) is 71.5 Å². The fourth-order valence-corrected chi connectivity index (χ4v) is 7.14. The first kappa shape index (κ1) is 30.8. The predicted molar refractivity (Wildman–Crippen MR) is 108 cm³/mol. The summed E-state index contributed by atoms with van der Waals surface area (Å²) in [6.45, 7) is 2.37. The van der Waals surface area contributed by atoms with E-state index >= 15 is 0 Å². The minimum atomic E-state index is -6.09. The topological polar surface area (TPSA) is 114 Å². The summed E-state index contributed by atoms with van der Waals surface area (Å²) >= 11 is 0. The van der Waals surface area contributed by atoms with Gasteiger partial charge in [-0.1, -0.05) is 0 Å². The van der Waals surface area contributed by atoms with Crippen molar-refractivity contribution in [2.24, 2.45) is 0 Å². The third kappa shape index (κ3) is 13.9. The smallest absolute Gasteiger partial charge is 0.485 e. The number of alkyl halides is 6. The first-order chi connectivity index (χ1) is 13.8. The van der Waals surface area contributed by atoms with Crippen LogP contribution in [0.4, 0.5) is 26.3 Å². The number of hydrogen-bond donors (Lipinski definition) is 0. The van der Waals surface area contributed by atoms with Crippen molar-refractivity contribution >= 4 is 42.0 Å². The van der Waals surface area contributed by atoms with Crippen molar-refractivity contribution in [3.63, 3.8) is 0 Å². The minimum Gasteiger partial charge on any atom is -0.741 e. The molecule has 16 heteroatoms. The third-order valence-corrected chi connectivity index (χ3v) is 10.00. The van der Waals surface area contributed by atoms with Crippen LogP contribution in [0.2, 0.25) is 0 Å². The molecule has 0 aromatic rings. The summed E-state index contributed by atoms with van der Waals surface area (Å²) in [6, 6.07) is 0. The van der Waals surface area contributed by atoms with Crippen molar-refractivity contribution in [1.29, 1.82) is 0 Å². The molecule has 0 aromatic heterocycles. The third-order valence-electron chi connectivity index (χ3n) is 3.90. The summed E-state index contributed by atoms with van der Waals surface area (Å²) in [6.07, 6.45) is 8.57. The zero-order chi connectivity index (χ0) is 24.5. The van der Waals surface area contributed by atoms with Crippen molar-refractivity contribution in [3.8, 4) is 0 Å². The van der Waals surface area contributed by atoms with Crippen LogP contribution in [0, 0.1) is 0 Å². The molecule has 0 bridgehead atoms. The highest BCUT2D eigenvalue weighted by Gasteiger charge is 2.37. The lowest BCUT2D eigenvalue weighted by Gasteiger charge is -2.08. The van der Waals surface area contributed by atoms with E-state index in [-0.39, 0.29) is 0 Å². The van der Waals surface area contributed by atoms with Crippen LogP contribution in [0.5, 0.6) is 0 Å². The molecule has 0 atom stereocenters. The second-order valence-electron chi connectivity index (χ2n) is 6.62. The van der Waals surface area contributed by atoms with Gasteiger partial charge in [0.2, 0.25) is 0 Å². The maximum atomic E-state index is 10.7. The fourth-order valence-electron chi connectivity index (χ4n) is 2.38. The van der Waals surface area contributed by atoms with Gasteiger partial charge in [-0.15, -0.1) is 0 Å². The van der Waals surface area contributed by atoms with E-state index in [2.05, 4.69) is 13.0 Å². The van der Waals surface area contributed by atoms with Crippen molar-refractivity contribution < 1.29 is 52.3 Å². The molecule has 2 heterocycles. The Balaban J connectivity index is 0.000000483. The average molecular weight is 543 g/mol. The van der Waals surface area contributed by atoms with Gasteiger partial charge in [0.1, 0.15) is 34.5 Å². The lowest BCUT2D eigenvalue weighted by atomic mass is 10.3. The van der Waals surface area contributed by atoms with Gasteiger partial charge in [-0.25, -0.2) is 16.8 Å². The Hall–Kier alpha value is -0.160. The Morgan fingerprint density at radius 2 is 1.06 bits per heavy atom. The van der Waals surface area contributed by atoms with Crippen LogP contribution in [0.15, 0.2) is 11.6 Å². The molecule has 0 aromatic carbocycles. The van der Waals surface area contributed by atoms with E-state index in [9.17, 15) is 26.3 Å². The van der Waals surface area contributed by atoms with Gasteiger partial charge >= 0.3 is 11.0 Å². The Kier molecular flexibility index (Phi) is 12.8. The average Bonchev–Trinajstić information content (AvgIpc) is 3.24. The normalized spacial score (nSPS) is 19.5. The summed E-state index contributed by atoms with van der Waals surface area (Å²) in [4.78, 5) is 0. The summed E-state index contributed by atoms with van der Waals surface area (Å²) in [5, 5.41) is 0. The molecule has 0 N–H and O–H groups in total. The van der Waals surface area contributed by atoms with Crippen molar-refractivity contribution in [2.45, 2.75) is 43.6 Å². The minimum absolute atomic E-state index is 0.774. The summed E-state index contributed by atoms with van der Waals surface area (Å²) in [5.41, 5.74) is -9.60. The highest BCUT2D eigenvalue weighted by molar-refractivity contribution is 7.97. The van der Waals surface area contributed by atoms with E-state index in [1.54, 1.807) is 5.57 Å². The predicted octanol–water partition coefficient (Wildman–Crippen LogP) is 2.86. The highest BCUT2D eigenvalue weighted by atomic mass is 32.2. The molecule has 0 aliphatic carbocycles. The Morgan fingerprint density at radius 3 is 1.35 bits per heavy atom. The monoisotopic (exact) mass is 542 g/mol. The van der Waals surface area contributed by atoms with Crippen LogP contribution >= 0.6 is 0 Å². The van der Waals surface area contributed by atoms with Crippen LogP contribution < -0.4 is 0 Å². The molecule has 31 heavy (non-hydrogen) atoms. The Labute approximate surface area is 184 Å². The van der Waals surface area contributed by atoms with E-state index in [1.165, 1.54) is 60.2 Å². The molecule has 2 fully saturated rings. The first-order valence-electron chi connectivity index (χ1n) is 8.82. The van der Waals surface area contributed by atoms with Gasteiger partial charge in [0.15, 0.2) is 20.2 Å². The van der Waals surface area contributed by atoms with Gasteiger partial charge in [0.25, 0.3) is 0 Å². The molecule has 2 aliphatic heterocycles. The number of halogens is 6. The van der Waals surface area contributed by atoms with Crippen LogP contribution in [0.25, 0.3) is 0 Å². The Bertz CT molecular complexity index is 723. The van der Waals surface area contributed by atoms with E-state index < -0.39 is 31.3 Å². The molecule has 0 amide bonds. The van der Waals surface area contributed by atoms with E-state index in [0.717, 1.165) is 21.8 Å². The lowest BCUT2D eigenvalue weighted by molar-refractivity contribution is -0.0522. The quantitative estimate of drug-likeness (QED) is 0.177. The van der Waals surface area contributed by atoms with E-state index in [1.807, 2.05) is 0 Å². The van der Waals surface area contributed by atoms with Gasteiger partial charge in [-0.2, -0.15) is 26.3 Å². The zero-order valence-corrected chi connectivity index (χ0v) is 19.8. The molecule has 0 saturated carbocycles. The summed E-state index contributed by atoms with van der Waals surface area (Å²) in [5.74, 6) is 8.93. The molecule has 0 radical (unpaired) electrons. The van der Waals surface area contributed by atoms with E-state index in [4.69, 9.17) is 25.9 Å². The molecule has 2 rings (SSSR count). The first-order valence-corrected chi connectivity index (χ1v) is 15.1. The lowest BCUT2D eigenvalue weighted by Crippen LogP contribution is -2.21. The van der Waals surface area contributed by atoms with Crippen LogP contribution in [0.3, 0.4) is 0 Å². The van der Waals surface area contributed by atoms with Gasteiger partial charge in [0, 0.05) is 0 Å². The maximum Gasteiger partial charge on any atom is 0.485 e. The molecule has 2 saturated heterocycles. The molecule has 2 aliphatic rings. The van der Waals surface area contributed by atoms with Gasteiger partial charge in [0.05, 0.1) is 0 Å². The maximum absolute atomic E-state index is 10.7. The Morgan fingerprint density at radius 1 is 0.774 bits per heavy atom. The summed E-state index contributed by atoms with van der Waals surface area (Å²) < 4.78 is 118. The SMILES string of the molecule is C/C(=C\C[S+]1CCCC1)C[S+]1CCCC1.O=S(=O)([O-])C(F)(F)F.O=S(=O)([O-])C(F)(F)F. The molecule has 6 nitrogen and oxygen atoms in total. The van der Waals surface area contributed by atoms with Crippen LogP contribution in [0.1, 0.15) is 32.6 Å². The second kappa shape index (κ2) is 12.9. The van der Waals surface area contributed by atoms with Gasteiger partial charge in [-0.05, 0) is 66.0 Å². The van der Waals surface area contributed by atoms with E-state index in [0.29, 0.717) is 0 Å². The zero-order valence-electron chi connectivity index (χ0n) is 16.5. The largest absolute Gasteiger partial charge is 0.741 e. The highest BCUT2D eigenvalue weighted by Crippen LogP contribution is 2.21. The number of rotatable bonds is 4. The van der Waals surface area contributed by atoms with Crippen LogP contribution in [-0.2, 0) is 42.0 Å². The van der Waals surface area contributed by atoms with Gasteiger partial charge < -0.3 is 9.11 Å². The molecule has 0 unspecified atom stereocenters. The van der Waals surface area contributed by atoms with Crippen molar-refractivity contribution in [3.05, 3.63) is 11.6 Å². The summed E-state index contributed by atoms with van der Waals surface area (Å²) in [7, 11) is -10.6. The van der Waals surface area contributed by atoms with Gasteiger partial charge in [-0.3, -0.25) is 0 Å². The molecule has 186 valence electrons. The standard InChI is InChI=1S/C13H24S2.2CHF3O3S/c1-13(12-15-9-4-5-10-15)6-11-14-7-2-3-8-14;2*2-1(3,4)8(5,6)7/h6H,2-5,7-12H2,1H3;2*(H,5,6,7)/q+2;;/p-2/b13-6+;;. The molecular formula is C15H24F6O6S4.